The molecule has 0 radical (unpaired) electrons. The summed E-state index contributed by atoms with van der Waals surface area (Å²) < 4.78 is 17.6. The van der Waals surface area contributed by atoms with E-state index < -0.39 is 0 Å². The summed E-state index contributed by atoms with van der Waals surface area (Å²) in [4.78, 5) is 15.6. The number of fused-ring (bicyclic) bond motifs is 12. The van der Waals surface area contributed by atoms with Crippen molar-refractivity contribution in [2.45, 2.75) is 0 Å². The molecule has 5 heterocycles. The topological polar surface area (TPSA) is 74.8 Å². The van der Waals surface area contributed by atoms with Crippen molar-refractivity contribution in [1.82, 2.24) is 24.1 Å². The minimum atomic E-state index is 0.519. The molecule has 0 saturated carbocycles. The fraction of sp³-hybridized carbons (Fsp3) is 0. The van der Waals surface area contributed by atoms with Crippen LogP contribution in [-0.4, -0.2) is 24.1 Å². The summed E-state index contributed by atoms with van der Waals surface area (Å²) in [5.74, 6) is 1.57. The molecular weight excluding hydrogens is 715 g/mol. The van der Waals surface area contributed by atoms with Crippen molar-refractivity contribution in [1.29, 1.82) is 0 Å². The van der Waals surface area contributed by atoms with E-state index in [1.54, 1.807) is 0 Å². The van der Waals surface area contributed by atoms with E-state index >= 15 is 0 Å². The fourth-order valence-corrected chi connectivity index (χ4v) is 9.02. The van der Waals surface area contributed by atoms with Gasteiger partial charge in [-0.2, -0.15) is 9.97 Å². The second-order valence-electron chi connectivity index (χ2n) is 14.8. The first-order valence-corrected chi connectivity index (χ1v) is 19.4. The Bertz CT molecular complexity index is 3720. The number of nitrogens with zero attached hydrogens (tertiary/aromatic N) is 5. The average Bonchev–Trinajstić information content (AvgIpc) is 4.03. The first-order valence-electron chi connectivity index (χ1n) is 19.4. The van der Waals surface area contributed by atoms with Gasteiger partial charge in [-0.1, -0.05) is 109 Å². The van der Waals surface area contributed by atoms with Crippen molar-refractivity contribution in [3.05, 3.63) is 176 Å². The van der Waals surface area contributed by atoms with E-state index in [4.69, 9.17) is 23.8 Å². The van der Waals surface area contributed by atoms with E-state index in [-0.39, 0.29) is 0 Å². The highest BCUT2D eigenvalue weighted by atomic mass is 16.3. The molecule has 0 aliphatic rings. The van der Waals surface area contributed by atoms with E-state index in [0.29, 0.717) is 17.6 Å². The third-order valence-corrected chi connectivity index (χ3v) is 11.6. The maximum absolute atomic E-state index is 6.70. The van der Waals surface area contributed by atoms with Crippen molar-refractivity contribution >= 4 is 87.5 Å². The predicted molar refractivity (Wildman–Crippen MR) is 234 cm³/mol. The molecule has 0 spiro atoms. The molecule has 0 fully saturated rings. The first kappa shape index (κ1) is 31.2. The molecule has 0 unspecified atom stereocenters. The molecule has 0 aliphatic heterocycles. The van der Waals surface area contributed by atoms with Crippen LogP contribution in [0.1, 0.15) is 0 Å². The second-order valence-corrected chi connectivity index (χ2v) is 14.8. The van der Waals surface area contributed by atoms with Crippen LogP contribution in [0.3, 0.4) is 0 Å². The maximum Gasteiger partial charge on any atom is 0.238 e. The second kappa shape index (κ2) is 11.7. The molecule has 0 aliphatic carbocycles. The van der Waals surface area contributed by atoms with Crippen LogP contribution in [0.25, 0.3) is 122 Å². The Morgan fingerprint density at radius 3 is 1.53 bits per heavy atom. The lowest BCUT2D eigenvalue weighted by molar-refractivity contribution is 0.668. The SMILES string of the molecule is c1ccc2c(c1)oc1c(-c3nc(-c4ccc5c(c4)oc4cc(-n6c7ccccc7c7ccccc76)ccc45)nc(-n4c5ccccc5c5ccccc54)n3)cccc12. The van der Waals surface area contributed by atoms with Gasteiger partial charge in [0.2, 0.25) is 5.95 Å². The van der Waals surface area contributed by atoms with Crippen molar-refractivity contribution in [3.8, 4) is 34.4 Å². The van der Waals surface area contributed by atoms with Crippen LogP contribution in [0, 0.1) is 0 Å². The predicted octanol–water partition coefficient (Wildman–Crippen LogP) is 13.2. The number of aromatic nitrogens is 5. The molecule has 13 rings (SSSR count). The zero-order valence-electron chi connectivity index (χ0n) is 30.8. The lowest BCUT2D eigenvalue weighted by Crippen LogP contribution is -2.06. The molecule has 8 aromatic carbocycles. The van der Waals surface area contributed by atoms with Crippen LogP contribution in [0.4, 0.5) is 0 Å². The van der Waals surface area contributed by atoms with Crippen LogP contribution >= 0.6 is 0 Å². The Balaban J connectivity index is 1.02. The van der Waals surface area contributed by atoms with Gasteiger partial charge in [-0.25, -0.2) is 4.98 Å². The third-order valence-electron chi connectivity index (χ3n) is 11.6. The zero-order chi connectivity index (χ0) is 37.9. The Morgan fingerprint density at radius 2 is 0.862 bits per heavy atom. The van der Waals surface area contributed by atoms with Gasteiger partial charge in [-0.15, -0.1) is 0 Å². The van der Waals surface area contributed by atoms with Crippen LogP contribution < -0.4 is 0 Å². The molecule has 58 heavy (non-hydrogen) atoms. The quantitative estimate of drug-likeness (QED) is 0.179. The van der Waals surface area contributed by atoms with Gasteiger partial charge in [0.05, 0.1) is 27.6 Å². The smallest absolute Gasteiger partial charge is 0.238 e. The molecule has 0 saturated heterocycles. The Hall–Kier alpha value is -8.03. The molecule has 7 nitrogen and oxygen atoms in total. The van der Waals surface area contributed by atoms with Crippen LogP contribution in [-0.2, 0) is 0 Å². The Morgan fingerprint density at radius 1 is 0.345 bits per heavy atom. The van der Waals surface area contributed by atoms with Crippen LogP contribution in [0.2, 0.25) is 0 Å². The number of hydrogen-bond donors (Lipinski definition) is 0. The normalized spacial score (nSPS) is 12.1. The van der Waals surface area contributed by atoms with E-state index in [9.17, 15) is 0 Å². The third kappa shape index (κ3) is 4.41. The number of benzene rings is 8. The van der Waals surface area contributed by atoms with Crippen LogP contribution in [0.5, 0.6) is 0 Å². The minimum absolute atomic E-state index is 0.519. The first-order chi connectivity index (χ1) is 28.7. The van der Waals surface area contributed by atoms with E-state index in [0.717, 1.165) is 93.5 Å². The summed E-state index contributed by atoms with van der Waals surface area (Å²) in [6.45, 7) is 0. The van der Waals surface area contributed by atoms with E-state index in [1.165, 1.54) is 10.8 Å². The van der Waals surface area contributed by atoms with Gasteiger partial charge < -0.3 is 13.4 Å². The largest absolute Gasteiger partial charge is 0.456 e. The van der Waals surface area contributed by atoms with Gasteiger partial charge in [-0.05, 0) is 60.7 Å². The van der Waals surface area contributed by atoms with Crippen molar-refractivity contribution < 1.29 is 8.83 Å². The van der Waals surface area contributed by atoms with Crippen LogP contribution in [0.15, 0.2) is 185 Å². The van der Waals surface area contributed by atoms with Crippen molar-refractivity contribution in [2.75, 3.05) is 0 Å². The summed E-state index contributed by atoms with van der Waals surface area (Å²) in [7, 11) is 0. The maximum atomic E-state index is 6.70. The number of hydrogen-bond acceptors (Lipinski definition) is 5. The highest BCUT2D eigenvalue weighted by Gasteiger charge is 2.21. The van der Waals surface area contributed by atoms with E-state index in [1.807, 2.05) is 36.4 Å². The van der Waals surface area contributed by atoms with Gasteiger partial charge >= 0.3 is 0 Å². The zero-order valence-corrected chi connectivity index (χ0v) is 30.8. The van der Waals surface area contributed by atoms with Gasteiger partial charge in [-0.3, -0.25) is 4.57 Å². The summed E-state index contributed by atoms with van der Waals surface area (Å²) in [5.41, 5.74) is 10.1. The lowest BCUT2D eigenvalue weighted by Gasteiger charge is -2.11. The molecule has 7 heteroatoms. The van der Waals surface area contributed by atoms with Gasteiger partial charge in [0.25, 0.3) is 0 Å². The molecule has 13 aromatic rings. The lowest BCUT2D eigenvalue weighted by atomic mass is 10.1. The van der Waals surface area contributed by atoms with Gasteiger partial charge in [0, 0.05) is 60.4 Å². The van der Waals surface area contributed by atoms with E-state index in [2.05, 4.69) is 149 Å². The summed E-state index contributed by atoms with van der Waals surface area (Å²) in [6, 6.07) is 60.9. The molecule has 0 amide bonds. The molecule has 0 atom stereocenters. The highest BCUT2D eigenvalue weighted by molar-refractivity contribution is 6.12. The van der Waals surface area contributed by atoms with Gasteiger partial charge in [0.15, 0.2) is 11.6 Å². The highest BCUT2D eigenvalue weighted by Crippen LogP contribution is 2.39. The molecule has 0 bridgehead atoms. The number of para-hydroxylation sites is 6. The Labute approximate surface area is 329 Å². The summed E-state index contributed by atoms with van der Waals surface area (Å²) in [5, 5.41) is 8.84. The molecular formula is C51H29N5O2. The standard InChI is InChI=1S/C51H29N5O2/c1-6-19-41-32(12-1)33-13-2-7-20-42(33)55(41)31-25-27-38-37-26-24-30(28-46(37)57-47(38)29-31)49-52-50(40-18-11-17-39-36-16-5-10-23-45(36)58-48(39)40)54-51(53-49)56-43-21-8-3-14-34(43)35-15-4-9-22-44(35)56/h1-29H. The fourth-order valence-electron chi connectivity index (χ4n) is 9.02. The Kier molecular flexibility index (Phi) is 6.32. The summed E-state index contributed by atoms with van der Waals surface area (Å²) >= 11 is 0. The number of rotatable bonds is 4. The van der Waals surface area contributed by atoms with Crippen molar-refractivity contribution in [2.24, 2.45) is 0 Å². The van der Waals surface area contributed by atoms with Gasteiger partial charge in [0.1, 0.15) is 22.3 Å². The number of furan rings is 2. The molecule has 270 valence electrons. The monoisotopic (exact) mass is 743 g/mol. The molecule has 0 N–H and O–H groups in total. The van der Waals surface area contributed by atoms with Crippen molar-refractivity contribution in [3.63, 3.8) is 0 Å². The molecule has 5 aromatic heterocycles. The average molecular weight is 744 g/mol. The summed E-state index contributed by atoms with van der Waals surface area (Å²) in [6.07, 6.45) is 0. The minimum Gasteiger partial charge on any atom is -0.456 e.